The summed E-state index contributed by atoms with van der Waals surface area (Å²) in [6.45, 7) is 2.44. The van der Waals surface area contributed by atoms with Crippen LogP contribution in [0.25, 0.3) is 0 Å². The molecule has 1 aliphatic rings. The Morgan fingerprint density at radius 3 is 3.00 bits per heavy atom. The van der Waals surface area contributed by atoms with Gasteiger partial charge in [-0.05, 0) is 38.4 Å². The van der Waals surface area contributed by atoms with Gasteiger partial charge < -0.3 is 15.2 Å². The van der Waals surface area contributed by atoms with Crippen LogP contribution in [0.2, 0.25) is 0 Å². The van der Waals surface area contributed by atoms with Crippen molar-refractivity contribution in [1.82, 2.24) is 9.47 Å². The molecule has 0 radical (unpaired) electrons. The minimum atomic E-state index is 0.0766. The Morgan fingerprint density at radius 1 is 1.44 bits per heavy atom. The van der Waals surface area contributed by atoms with E-state index in [-0.39, 0.29) is 5.56 Å². The molecule has 0 saturated heterocycles. The highest BCUT2D eigenvalue weighted by atomic mass is 16.1. The van der Waals surface area contributed by atoms with Gasteiger partial charge >= 0.3 is 0 Å². The van der Waals surface area contributed by atoms with Gasteiger partial charge in [0.2, 0.25) is 0 Å². The van der Waals surface area contributed by atoms with Gasteiger partial charge in [0.15, 0.2) is 0 Å². The Kier molecular flexibility index (Phi) is 4.55. The number of hydrogen-bond donors (Lipinski definition) is 1. The first-order valence-electron chi connectivity index (χ1n) is 6.78. The zero-order valence-corrected chi connectivity index (χ0v) is 11.1. The predicted octanol–water partition coefficient (Wildman–Crippen LogP) is 0.907. The molecule has 2 N–H and O–H groups in total. The molecular weight excluding hydrogens is 226 g/mol. The molecule has 4 nitrogen and oxygen atoms in total. The van der Waals surface area contributed by atoms with E-state index < -0.39 is 0 Å². The monoisotopic (exact) mass is 249 g/mol. The second kappa shape index (κ2) is 6.16. The van der Waals surface area contributed by atoms with Crippen LogP contribution in [0.5, 0.6) is 0 Å². The molecule has 4 heteroatoms. The molecule has 0 spiro atoms. The average molecular weight is 249 g/mol. The minimum absolute atomic E-state index is 0.0766. The van der Waals surface area contributed by atoms with E-state index in [1.165, 1.54) is 19.3 Å². The lowest BCUT2D eigenvalue weighted by Crippen LogP contribution is -2.40. The third kappa shape index (κ3) is 3.00. The standard InChI is InChI=1S/C14H23N3O/c1-16(13-6-4-5-12(13)11-15)9-10-17-8-3-2-7-14(17)18/h2-3,7-8,12-13H,4-6,9-11,15H2,1H3. The van der Waals surface area contributed by atoms with E-state index in [9.17, 15) is 4.79 Å². The van der Waals surface area contributed by atoms with Gasteiger partial charge in [-0.15, -0.1) is 0 Å². The van der Waals surface area contributed by atoms with E-state index >= 15 is 0 Å². The topological polar surface area (TPSA) is 51.3 Å². The molecule has 1 aromatic rings. The summed E-state index contributed by atoms with van der Waals surface area (Å²) in [6, 6.07) is 5.89. The van der Waals surface area contributed by atoms with Crippen molar-refractivity contribution in [3.8, 4) is 0 Å². The van der Waals surface area contributed by atoms with Gasteiger partial charge in [0.05, 0.1) is 0 Å². The van der Waals surface area contributed by atoms with Crippen LogP contribution in [-0.2, 0) is 6.54 Å². The number of hydrogen-bond acceptors (Lipinski definition) is 3. The smallest absolute Gasteiger partial charge is 0.250 e. The van der Waals surface area contributed by atoms with E-state index in [1.54, 1.807) is 16.7 Å². The van der Waals surface area contributed by atoms with Crippen molar-refractivity contribution in [1.29, 1.82) is 0 Å². The van der Waals surface area contributed by atoms with Gasteiger partial charge in [-0.25, -0.2) is 0 Å². The minimum Gasteiger partial charge on any atom is -0.330 e. The second-order valence-corrected chi connectivity index (χ2v) is 5.21. The van der Waals surface area contributed by atoms with Crippen LogP contribution in [-0.4, -0.2) is 35.6 Å². The summed E-state index contributed by atoms with van der Waals surface area (Å²) in [5, 5.41) is 0. The fourth-order valence-corrected chi connectivity index (χ4v) is 2.95. The van der Waals surface area contributed by atoms with Crippen LogP contribution >= 0.6 is 0 Å². The van der Waals surface area contributed by atoms with E-state index in [0.29, 0.717) is 12.0 Å². The van der Waals surface area contributed by atoms with Gasteiger partial charge in [-0.3, -0.25) is 4.79 Å². The highest BCUT2D eigenvalue weighted by Crippen LogP contribution is 2.28. The van der Waals surface area contributed by atoms with Crippen molar-refractivity contribution in [2.45, 2.75) is 31.8 Å². The van der Waals surface area contributed by atoms with Gasteiger partial charge in [-0.1, -0.05) is 12.5 Å². The van der Waals surface area contributed by atoms with Crippen LogP contribution in [0.15, 0.2) is 29.2 Å². The molecule has 0 amide bonds. The van der Waals surface area contributed by atoms with Gasteiger partial charge in [0, 0.05) is 31.4 Å². The van der Waals surface area contributed by atoms with Crippen LogP contribution < -0.4 is 11.3 Å². The normalized spacial score (nSPS) is 23.7. The number of nitrogens with two attached hydrogens (primary N) is 1. The number of likely N-dealkylation sites (N-methyl/N-ethyl adjacent to an activating group) is 1. The molecule has 18 heavy (non-hydrogen) atoms. The Labute approximate surface area is 108 Å². The van der Waals surface area contributed by atoms with E-state index in [1.807, 2.05) is 12.3 Å². The molecule has 0 aliphatic heterocycles. The Bertz CT molecular complexity index is 429. The van der Waals surface area contributed by atoms with Crippen molar-refractivity contribution >= 4 is 0 Å². The van der Waals surface area contributed by atoms with Crippen molar-refractivity contribution in [3.05, 3.63) is 34.7 Å². The third-order valence-electron chi connectivity index (χ3n) is 4.08. The van der Waals surface area contributed by atoms with Gasteiger partial charge in [0.1, 0.15) is 0 Å². The van der Waals surface area contributed by atoms with E-state index in [2.05, 4.69) is 11.9 Å². The zero-order chi connectivity index (χ0) is 13.0. The molecule has 2 unspecified atom stereocenters. The van der Waals surface area contributed by atoms with Crippen LogP contribution in [0.3, 0.4) is 0 Å². The highest BCUT2D eigenvalue weighted by molar-refractivity contribution is 4.93. The molecular formula is C14H23N3O. The Balaban J connectivity index is 1.90. The molecule has 2 rings (SSSR count). The molecule has 2 atom stereocenters. The molecule has 0 bridgehead atoms. The first kappa shape index (κ1) is 13.3. The third-order valence-corrected chi connectivity index (χ3v) is 4.08. The molecule has 1 aliphatic carbocycles. The fraction of sp³-hybridized carbons (Fsp3) is 0.643. The van der Waals surface area contributed by atoms with E-state index in [4.69, 9.17) is 5.73 Å². The molecule has 1 aromatic heterocycles. The predicted molar refractivity (Wildman–Crippen MR) is 73.5 cm³/mol. The van der Waals surface area contributed by atoms with E-state index in [0.717, 1.165) is 19.6 Å². The lowest BCUT2D eigenvalue weighted by molar-refractivity contribution is 0.193. The lowest BCUT2D eigenvalue weighted by atomic mass is 10.0. The summed E-state index contributed by atoms with van der Waals surface area (Å²) in [5.74, 6) is 0.627. The second-order valence-electron chi connectivity index (χ2n) is 5.21. The first-order chi connectivity index (χ1) is 8.72. The number of pyridine rings is 1. The van der Waals surface area contributed by atoms with Crippen LogP contribution in [0.4, 0.5) is 0 Å². The summed E-state index contributed by atoms with van der Waals surface area (Å²) in [5.41, 5.74) is 5.89. The van der Waals surface area contributed by atoms with Crippen molar-refractivity contribution < 1.29 is 0 Å². The molecule has 1 fully saturated rings. The van der Waals surface area contributed by atoms with Crippen molar-refractivity contribution in [2.75, 3.05) is 20.1 Å². The van der Waals surface area contributed by atoms with Gasteiger partial charge in [0.25, 0.3) is 5.56 Å². The summed E-state index contributed by atoms with van der Waals surface area (Å²) < 4.78 is 1.77. The molecule has 0 aromatic carbocycles. The van der Waals surface area contributed by atoms with Crippen LogP contribution in [0.1, 0.15) is 19.3 Å². The maximum atomic E-state index is 11.6. The summed E-state index contributed by atoms with van der Waals surface area (Å²) in [4.78, 5) is 14.0. The number of aromatic nitrogens is 1. The molecule has 100 valence electrons. The Hall–Kier alpha value is -1.13. The highest BCUT2D eigenvalue weighted by Gasteiger charge is 2.28. The maximum absolute atomic E-state index is 11.6. The maximum Gasteiger partial charge on any atom is 0.250 e. The Morgan fingerprint density at radius 2 is 2.28 bits per heavy atom. The fourth-order valence-electron chi connectivity index (χ4n) is 2.95. The largest absolute Gasteiger partial charge is 0.330 e. The quantitative estimate of drug-likeness (QED) is 0.844. The summed E-state index contributed by atoms with van der Waals surface area (Å²) >= 11 is 0. The summed E-state index contributed by atoms with van der Waals surface area (Å²) in [6.07, 6.45) is 5.62. The lowest BCUT2D eigenvalue weighted by Gasteiger charge is -2.29. The molecule has 1 heterocycles. The number of rotatable bonds is 5. The molecule has 1 saturated carbocycles. The summed E-state index contributed by atoms with van der Waals surface area (Å²) in [7, 11) is 2.15. The van der Waals surface area contributed by atoms with Crippen molar-refractivity contribution in [2.24, 2.45) is 11.7 Å². The van der Waals surface area contributed by atoms with Crippen molar-refractivity contribution in [3.63, 3.8) is 0 Å². The van der Waals surface area contributed by atoms with Gasteiger partial charge in [-0.2, -0.15) is 0 Å². The average Bonchev–Trinajstić information content (AvgIpc) is 2.86. The SMILES string of the molecule is CN(CCn1ccccc1=O)C1CCCC1CN. The van der Waals surface area contributed by atoms with Crippen LogP contribution in [0, 0.1) is 5.92 Å². The zero-order valence-electron chi connectivity index (χ0n) is 11.1. The first-order valence-corrected chi connectivity index (χ1v) is 6.78. The number of nitrogens with zero attached hydrogens (tertiary/aromatic N) is 2.